The third-order valence-electron chi connectivity index (χ3n) is 3.21. The lowest BCUT2D eigenvalue weighted by atomic mass is 10.2. The third kappa shape index (κ3) is 2.18. The summed E-state index contributed by atoms with van der Waals surface area (Å²) in [7, 11) is 0. The number of nitrogens with two attached hydrogens (primary N) is 1. The SMILES string of the molecule is Nc1ncnc2[nH]nc(C(=O)Nc3cc(-c4ccco4)[nH]n3)c12. The Morgan fingerprint density at radius 3 is 3.00 bits per heavy atom. The van der Waals surface area contributed by atoms with Gasteiger partial charge in [0.05, 0.1) is 11.6 Å². The number of hydrogen-bond donors (Lipinski definition) is 4. The summed E-state index contributed by atoms with van der Waals surface area (Å²) in [5.41, 5.74) is 6.90. The molecule has 0 bridgehead atoms. The van der Waals surface area contributed by atoms with Gasteiger partial charge in [-0.15, -0.1) is 0 Å². The standard InChI is InChI=1S/C13H10N8O2/c14-11-9-10(20-21-12(9)16-5-15-11)13(22)17-8-4-6(18-19-8)7-2-1-3-23-7/h1-5H,(H2,17,18,19,22)(H3,14,15,16,20,21). The van der Waals surface area contributed by atoms with Crippen LogP contribution in [0.4, 0.5) is 11.6 Å². The maximum absolute atomic E-state index is 12.4. The van der Waals surface area contributed by atoms with Crippen LogP contribution in [-0.2, 0) is 0 Å². The lowest BCUT2D eigenvalue weighted by molar-refractivity contribution is 0.102. The van der Waals surface area contributed by atoms with Crippen LogP contribution in [0.5, 0.6) is 0 Å². The fraction of sp³-hybridized carbons (Fsp3) is 0. The number of nitrogen functional groups attached to an aromatic ring is 1. The molecule has 4 aromatic rings. The zero-order valence-corrected chi connectivity index (χ0v) is 11.6. The number of nitrogens with one attached hydrogen (secondary N) is 3. The van der Waals surface area contributed by atoms with E-state index < -0.39 is 5.91 Å². The Hall–Kier alpha value is -3.69. The predicted molar refractivity (Wildman–Crippen MR) is 80.3 cm³/mol. The number of rotatable bonds is 3. The molecule has 114 valence electrons. The van der Waals surface area contributed by atoms with Crippen molar-refractivity contribution in [2.45, 2.75) is 0 Å². The van der Waals surface area contributed by atoms with Crippen LogP contribution in [0.15, 0.2) is 35.2 Å². The molecule has 5 N–H and O–H groups in total. The van der Waals surface area contributed by atoms with Crippen molar-refractivity contribution in [1.29, 1.82) is 0 Å². The van der Waals surface area contributed by atoms with Crippen molar-refractivity contribution in [3.8, 4) is 11.5 Å². The van der Waals surface area contributed by atoms with Crippen molar-refractivity contribution in [3.05, 3.63) is 36.5 Å². The first-order chi connectivity index (χ1) is 11.2. The zero-order chi connectivity index (χ0) is 15.8. The molecule has 0 saturated heterocycles. The lowest BCUT2D eigenvalue weighted by Crippen LogP contribution is -2.13. The number of H-pyrrole nitrogens is 2. The van der Waals surface area contributed by atoms with Gasteiger partial charge in [0.1, 0.15) is 17.8 Å². The quantitative estimate of drug-likeness (QED) is 0.443. The van der Waals surface area contributed by atoms with Gasteiger partial charge in [0.2, 0.25) is 0 Å². The van der Waals surface area contributed by atoms with E-state index in [2.05, 4.69) is 35.7 Å². The highest BCUT2D eigenvalue weighted by atomic mass is 16.3. The number of anilines is 2. The number of carbonyl (C=O) groups excluding carboxylic acids is 1. The summed E-state index contributed by atoms with van der Waals surface area (Å²) in [6, 6.07) is 5.18. The van der Waals surface area contributed by atoms with Crippen LogP contribution in [0.25, 0.3) is 22.5 Å². The Morgan fingerprint density at radius 1 is 1.26 bits per heavy atom. The predicted octanol–water partition coefficient (Wildman–Crippen LogP) is 1.17. The summed E-state index contributed by atoms with van der Waals surface area (Å²) >= 11 is 0. The molecule has 0 spiro atoms. The van der Waals surface area contributed by atoms with Gasteiger partial charge in [0.15, 0.2) is 22.9 Å². The molecule has 0 aromatic carbocycles. The van der Waals surface area contributed by atoms with Crippen molar-refractivity contribution in [2.75, 3.05) is 11.1 Å². The summed E-state index contributed by atoms with van der Waals surface area (Å²) in [6.45, 7) is 0. The maximum atomic E-state index is 12.4. The minimum atomic E-state index is -0.477. The molecule has 23 heavy (non-hydrogen) atoms. The molecule has 10 heteroatoms. The zero-order valence-electron chi connectivity index (χ0n) is 11.6. The Balaban J connectivity index is 1.62. The average Bonchev–Trinajstić information content (AvgIpc) is 3.27. The molecular formula is C13H10N8O2. The second-order valence-electron chi connectivity index (χ2n) is 4.65. The number of amides is 1. The number of aromatic amines is 2. The molecular weight excluding hydrogens is 300 g/mol. The molecule has 0 unspecified atom stereocenters. The highest BCUT2D eigenvalue weighted by molar-refractivity contribution is 6.12. The fourth-order valence-corrected chi connectivity index (χ4v) is 2.17. The second-order valence-corrected chi connectivity index (χ2v) is 4.65. The highest BCUT2D eigenvalue weighted by Gasteiger charge is 2.19. The van der Waals surface area contributed by atoms with Gasteiger partial charge in [0.25, 0.3) is 5.91 Å². The molecule has 0 atom stereocenters. The van der Waals surface area contributed by atoms with E-state index >= 15 is 0 Å². The van der Waals surface area contributed by atoms with Gasteiger partial charge in [-0.25, -0.2) is 9.97 Å². The van der Waals surface area contributed by atoms with Crippen LogP contribution in [0, 0.1) is 0 Å². The Labute approximate surface area is 128 Å². The van der Waals surface area contributed by atoms with Crippen molar-refractivity contribution in [1.82, 2.24) is 30.4 Å². The van der Waals surface area contributed by atoms with Crippen LogP contribution in [0.1, 0.15) is 10.5 Å². The summed E-state index contributed by atoms with van der Waals surface area (Å²) in [5.74, 6) is 0.635. The molecule has 0 aliphatic heterocycles. The molecule has 4 aromatic heterocycles. The number of furan rings is 1. The average molecular weight is 310 g/mol. The Morgan fingerprint density at radius 2 is 2.17 bits per heavy atom. The highest BCUT2D eigenvalue weighted by Crippen LogP contribution is 2.22. The van der Waals surface area contributed by atoms with E-state index in [0.717, 1.165) is 0 Å². The van der Waals surface area contributed by atoms with Crippen molar-refractivity contribution >= 4 is 28.6 Å². The van der Waals surface area contributed by atoms with Crippen LogP contribution >= 0.6 is 0 Å². The van der Waals surface area contributed by atoms with E-state index in [0.29, 0.717) is 28.3 Å². The molecule has 0 saturated carbocycles. The van der Waals surface area contributed by atoms with Gasteiger partial charge in [-0.3, -0.25) is 15.0 Å². The minimum absolute atomic E-state index is 0.0978. The Kier molecular flexibility index (Phi) is 2.80. The summed E-state index contributed by atoms with van der Waals surface area (Å²) in [6.07, 6.45) is 2.84. The topological polar surface area (TPSA) is 151 Å². The number of fused-ring (bicyclic) bond motifs is 1. The van der Waals surface area contributed by atoms with E-state index in [9.17, 15) is 4.79 Å². The number of nitrogens with zero attached hydrogens (tertiary/aromatic N) is 4. The number of aromatic nitrogens is 6. The smallest absolute Gasteiger partial charge is 0.278 e. The first-order valence-electron chi connectivity index (χ1n) is 6.57. The van der Waals surface area contributed by atoms with Crippen LogP contribution < -0.4 is 11.1 Å². The summed E-state index contributed by atoms with van der Waals surface area (Å²) in [4.78, 5) is 20.2. The fourth-order valence-electron chi connectivity index (χ4n) is 2.17. The van der Waals surface area contributed by atoms with E-state index in [-0.39, 0.29) is 11.5 Å². The number of carbonyl (C=O) groups is 1. The normalized spacial score (nSPS) is 11.0. The largest absolute Gasteiger partial charge is 0.463 e. The molecule has 0 radical (unpaired) electrons. The van der Waals surface area contributed by atoms with Crippen molar-refractivity contribution in [3.63, 3.8) is 0 Å². The van der Waals surface area contributed by atoms with Crippen molar-refractivity contribution < 1.29 is 9.21 Å². The van der Waals surface area contributed by atoms with Crippen LogP contribution in [0.3, 0.4) is 0 Å². The van der Waals surface area contributed by atoms with Gasteiger partial charge in [-0.05, 0) is 12.1 Å². The molecule has 0 fully saturated rings. The molecule has 0 aliphatic rings. The number of hydrogen-bond acceptors (Lipinski definition) is 7. The van der Waals surface area contributed by atoms with Crippen LogP contribution in [0.2, 0.25) is 0 Å². The van der Waals surface area contributed by atoms with E-state index in [1.165, 1.54) is 6.33 Å². The van der Waals surface area contributed by atoms with Gasteiger partial charge in [-0.1, -0.05) is 0 Å². The molecule has 0 aliphatic carbocycles. The second kappa shape index (κ2) is 4.94. The van der Waals surface area contributed by atoms with Gasteiger partial charge < -0.3 is 15.5 Å². The summed E-state index contributed by atoms with van der Waals surface area (Å²) in [5, 5.41) is 16.3. The van der Waals surface area contributed by atoms with E-state index in [4.69, 9.17) is 10.2 Å². The van der Waals surface area contributed by atoms with Gasteiger partial charge >= 0.3 is 0 Å². The first kappa shape index (κ1) is 13.0. The molecule has 4 rings (SSSR count). The summed E-state index contributed by atoms with van der Waals surface area (Å²) < 4.78 is 5.25. The molecule has 4 heterocycles. The van der Waals surface area contributed by atoms with Gasteiger partial charge in [0, 0.05) is 6.07 Å². The molecule has 10 nitrogen and oxygen atoms in total. The lowest BCUT2D eigenvalue weighted by Gasteiger charge is -1.99. The molecule has 1 amide bonds. The monoisotopic (exact) mass is 310 g/mol. The van der Waals surface area contributed by atoms with E-state index in [1.807, 2.05) is 0 Å². The Bertz CT molecular complexity index is 985. The first-order valence-corrected chi connectivity index (χ1v) is 6.57. The van der Waals surface area contributed by atoms with Crippen LogP contribution in [-0.4, -0.2) is 36.3 Å². The van der Waals surface area contributed by atoms with Crippen molar-refractivity contribution in [2.24, 2.45) is 0 Å². The van der Waals surface area contributed by atoms with Gasteiger partial charge in [-0.2, -0.15) is 10.2 Å². The third-order valence-corrected chi connectivity index (χ3v) is 3.21. The van der Waals surface area contributed by atoms with E-state index in [1.54, 1.807) is 24.5 Å². The maximum Gasteiger partial charge on any atom is 0.278 e. The minimum Gasteiger partial charge on any atom is -0.463 e.